The highest BCUT2D eigenvalue weighted by molar-refractivity contribution is 5.82. The third kappa shape index (κ3) is 2.16. The number of ketones is 1. The summed E-state index contributed by atoms with van der Waals surface area (Å²) in [4.78, 5) is 14.8. The number of methoxy groups -OCH3 is 1. The highest BCUT2D eigenvalue weighted by Gasteiger charge is 2.64. The minimum absolute atomic E-state index is 0.0759. The van der Waals surface area contributed by atoms with Crippen molar-refractivity contribution in [2.75, 3.05) is 20.2 Å². The van der Waals surface area contributed by atoms with Gasteiger partial charge in [0.05, 0.1) is 12.7 Å². The van der Waals surface area contributed by atoms with E-state index in [2.05, 4.69) is 17.0 Å². The lowest BCUT2D eigenvalue weighted by Crippen LogP contribution is -2.73. The van der Waals surface area contributed by atoms with Crippen LogP contribution in [0.2, 0.25) is 0 Å². The molecule has 4 nitrogen and oxygen atoms in total. The van der Waals surface area contributed by atoms with E-state index < -0.39 is 5.60 Å². The lowest BCUT2D eigenvalue weighted by Gasteiger charge is -2.63. The molecular formula is C21H27NO3. The van der Waals surface area contributed by atoms with Crippen molar-refractivity contribution in [3.63, 3.8) is 0 Å². The van der Waals surface area contributed by atoms with Crippen molar-refractivity contribution in [3.05, 3.63) is 29.3 Å². The van der Waals surface area contributed by atoms with Crippen LogP contribution in [0.5, 0.6) is 5.75 Å². The van der Waals surface area contributed by atoms with Gasteiger partial charge in [-0.2, -0.15) is 0 Å². The molecule has 0 amide bonds. The number of rotatable bonds is 3. The second-order valence-corrected chi connectivity index (χ2v) is 8.65. The molecule has 3 fully saturated rings. The van der Waals surface area contributed by atoms with E-state index in [4.69, 9.17) is 4.74 Å². The van der Waals surface area contributed by atoms with Crippen LogP contribution in [0.25, 0.3) is 0 Å². The van der Waals surface area contributed by atoms with Crippen molar-refractivity contribution in [2.45, 2.75) is 62.0 Å². The Bertz CT molecular complexity index is 728. The van der Waals surface area contributed by atoms with Crippen LogP contribution in [0.4, 0.5) is 0 Å². The molecule has 5 rings (SSSR count). The first kappa shape index (κ1) is 15.8. The molecule has 134 valence electrons. The highest BCUT2D eigenvalue weighted by atomic mass is 16.5. The number of piperidine rings is 1. The lowest BCUT2D eigenvalue weighted by atomic mass is 9.49. The van der Waals surface area contributed by atoms with Crippen LogP contribution in [-0.2, 0) is 16.6 Å². The molecule has 0 aromatic heterocycles. The molecule has 1 aliphatic heterocycles. The molecule has 1 aromatic carbocycles. The van der Waals surface area contributed by atoms with Gasteiger partial charge >= 0.3 is 0 Å². The van der Waals surface area contributed by atoms with E-state index in [0.717, 1.165) is 44.0 Å². The monoisotopic (exact) mass is 341 g/mol. The summed E-state index contributed by atoms with van der Waals surface area (Å²) in [5.41, 5.74) is 1.37. The summed E-state index contributed by atoms with van der Waals surface area (Å²) in [5, 5.41) is 11.9. The Morgan fingerprint density at radius 2 is 2.16 bits per heavy atom. The van der Waals surface area contributed by atoms with Gasteiger partial charge in [-0.3, -0.25) is 9.69 Å². The molecule has 0 unspecified atom stereocenters. The van der Waals surface area contributed by atoms with Gasteiger partial charge in [-0.05, 0) is 67.8 Å². The van der Waals surface area contributed by atoms with Crippen LogP contribution in [0.1, 0.15) is 49.7 Å². The Hall–Kier alpha value is -1.39. The standard InChI is InChI=1S/C21H27NO3/c1-25-17-5-4-15-10-19-21(24)12-16(23)6-7-20(21,18(15)11-17)8-9-22(19)13-14-2-3-14/h4-5,11,14,19,24H,2-3,6-10,12-13H2,1H3/t19-,20+,21-/m1/s1. The first-order chi connectivity index (χ1) is 12.1. The molecule has 1 N–H and O–H groups in total. The predicted octanol–water partition coefficient (Wildman–Crippen LogP) is 2.46. The van der Waals surface area contributed by atoms with E-state index in [1.165, 1.54) is 24.0 Å². The van der Waals surface area contributed by atoms with Crippen molar-refractivity contribution in [1.29, 1.82) is 0 Å². The Balaban J connectivity index is 1.64. The number of benzene rings is 1. The second kappa shape index (κ2) is 5.31. The van der Waals surface area contributed by atoms with Crippen LogP contribution in [-0.4, -0.2) is 47.6 Å². The Kier molecular flexibility index (Phi) is 3.36. The molecule has 3 atom stereocenters. The predicted molar refractivity (Wildman–Crippen MR) is 94.9 cm³/mol. The van der Waals surface area contributed by atoms with Crippen LogP contribution in [0.3, 0.4) is 0 Å². The summed E-state index contributed by atoms with van der Waals surface area (Å²) >= 11 is 0. The number of fused-ring (bicyclic) bond motifs is 1. The normalized spacial score (nSPS) is 37.4. The van der Waals surface area contributed by atoms with E-state index in [9.17, 15) is 9.90 Å². The number of nitrogens with zero attached hydrogens (tertiary/aromatic N) is 1. The Morgan fingerprint density at radius 1 is 1.32 bits per heavy atom. The van der Waals surface area contributed by atoms with Crippen molar-refractivity contribution < 1.29 is 14.6 Å². The summed E-state index contributed by atoms with van der Waals surface area (Å²) in [6.07, 6.45) is 6.11. The number of Topliss-reactive ketones (excluding diaryl/α,β-unsaturated/α-hetero) is 1. The lowest BCUT2D eigenvalue weighted by molar-refractivity contribution is -0.173. The summed E-state index contributed by atoms with van der Waals surface area (Å²) in [6, 6.07) is 6.42. The number of likely N-dealkylation sites (tertiary alicyclic amines) is 1. The van der Waals surface area contributed by atoms with Gasteiger partial charge in [-0.1, -0.05) is 6.07 Å². The van der Waals surface area contributed by atoms with Crippen LogP contribution < -0.4 is 4.74 Å². The number of hydrogen-bond donors (Lipinski definition) is 1. The van der Waals surface area contributed by atoms with E-state index in [0.29, 0.717) is 12.8 Å². The maximum atomic E-state index is 12.3. The highest BCUT2D eigenvalue weighted by Crippen LogP contribution is 2.58. The fourth-order valence-corrected chi connectivity index (χ4v) is 5.86. The largest absolute Gasteiger partial charge is 0.497 e. The molecule has 2 bridgehead atoms. The third-order valence-electron chi connectivity index (χ3n) is 7.38. The minimum atomic E-state index is -0.922. The fourth-order valence-electron chi connectivity index (χ4n) is 5.86. The smallest absolute Gasteiger partial charge is 0.135 e. The van der Waals surface area contributed by atoms with Gasteiger partial charge < -0.3 is 9.84 Å². The summed E-state index contributed by atoms with van der Waals surface area (Å²) in [6.45, 7) is 2.12. The quantitative estimate of drug-likeness (QED) is 0.917. The van der Waals surface area contributed by atoms with Gasteiger partial charge in [-0.25, -0.2) is 0 Å². The van der Waals surface area contributed by atoms with Crippen LogP contribution in [0.15, 0.2) is 18.2 Å². The van der Waals surface area contributed by atoms with Gasteiger partial charge in [-0.15, -0.1) is 0 Å². The number of ether oxygens (including phenoxy) is 1. The van der Waals surface area contributed by atoms with Crippen LogP contribution in [0, 0.1) is 5.92 Å². The average molecular weight is 341 g/mol. The molecule has 2 saturated carbocycles. The summed E-state index contributed by atoms with van der Waals surface area (Å²) < 4.78 is 5.47. The summed E-state index contributed by atoms with van der Waals surface area (Å²) in [7, 11) is 1.69. The Labute approximate surface area is 149 Å². The van der Waals surface area contributed by atoms with Crippen LogP contribution >= 0.6 is 0 Å². The molecular weight excluding hydrogens is 314 g/mol. The maximum Gasteiger partial charge on any atom is 0.135 e. The fraction of sp³-hybridized carbons (Fsp3) is 0.667. The third-order valence-corrected chi connectivity index (χ3v) is 7.38. The van der Waals surface area contributed by atoms with Gasteiger partial charge in [0.1, 0.15) is 11.5 Å². The molecule has 1 aromatic rings. The van der Waals surface area contributed by atoms with Crippen molar-refractivity contribution in [3.8, 4) is 5.75 Å². The molecule has 0 spiro atoms. The van der Waals surface area contributed by atoms with Gasteiger partial charge in [0, 0.05) is 30.8 Å². The molecule has 3 aliphatic carbocycles. The van der Waals surface area contributed by atoms with E-state index in [-0.39, 0.29) is 17.2 Å². The van der Waals surface area contributed by atoms with Gasteiger partial charge in [0.25, 0.3) is 0 Å². The molecule has 1 heterocycles. The zero-order chi connectivity index (χ0) is 17.2. The molecule has 1 saturated heterocycles. The SMILES string of the molecule is COc1ccc2c(c1)[C@@]13CCC(=O)C[C@@]1(O)[C@@H](C2)N(CC1CC1)CC3. The van der Waals surface area contributed by atoms with Crippen molar-refractivity contribution >= 4 is 5.78 Å². The number of carbonyl (C=O) groups excluding carboxylic acids is 1. The zero-order valence-corrected chi connectivity index (χ0v) is 15.0. The van der Waals surface area contributed by atoms with Gasteiger partial charge in [0.2, 0.25) is 0 Å². The van der Waals surface area contributed by atoms with E-state index in [1.54, 1.807) is 7.11 Å². The summed E-state index contributed by atoms with van der Waals surface area (Å²) in [5.74, 6) is 1.88. The Morgan fingerprint density at radius 3 is 2.92 bits per heavy atom. The number of hydrogen-bond acceptors (Lipinski definition) is 4. The zero-order valence-electron chi connectivity index (χ0n) is 15.0. The van der Waals surface area contributed by atoms with Gasteiger partial charge in [0.15, 0.2) is 0 Å². The molecule has 4 aliphatic rings. The number of carbonyl (C=O) groups is 1. The second-order valence-electron chi connectivity index (χ2n) is 8.65. The number of aliphatic hydroxyl groups is 1. The van der Waals surface area contributed by atoms with Crippen molar-refractivity contribution in [2.24, 2.45) is 5.92 Å². The topological polar surface area (TPSA) is 49.8 Å². The first-order valence-electron chi connectivity index (χ1n) is 9.71. The van der Waals surface area contributed by atoms with E-state index in [1.807, 2.05) is 6.07 Å². The average Bonchev–Trinajstić information content (AvgIpc) is 3.40. The first-order valence-corrected chi connectivity index (χ1v) is 9.71. The molecule has 4 heteroatoms. The minimum Gasteiger partial charge on any atom is -0.497 e. The maximum absolute atomic E-state index is 12.3. The van der Waals surface area contributed by atoms with Crippen molar-refractivity contribution in [1.82, 2.24) is 4.90 Å². The van der Waals surface area contributed by atoms with E-state index >= 15 is 0 Å². The molecule has 25 heavy (non-hydrogen) atoms. The molecule has 0 radical (unpaired) electrons.